The Morgan fingerprint density at radius 2 is 2.24 bits per heavy atom. The number of para-hydroxylation sites is 1. The van der Waals surface area contributed by atoms with E-state index in [0.29, 0.717) is 6.04 Å². The van der Waals surface area contributed by atoms with E-state index >= 15 is 0 Å². The molecule has 0 saturated carbocycles. The standard InChI is InChI=1S/C13H17N3O/c1-9(14-2)7-12-15-8-10-5-4-6-11(17-3)13(10)16-12/h4-6,8-9,14H,7H2,1-3H3. The van der Waals surface area contributed by atoms with Crippen molar-refractivity contribution in [1.29, 1.82) is 0 Å². The minimum atomic E-state index is 0.363. The zero-order valence-electron chi connectivity index (χ0n) is 10.4. The minimum Gasteiger partial charge on any atom is -0.494 e. The van der Waals surface area contributed by atoms with Gasteiger partial charge in [-0.05, 0) is 20.0 Å². The van der Waals surface area contributed by atoms with E-state index in [0.717, 1.165) is 28.9 Å². The number of aromatic nitrogens is 2. The SMILES string of the molecule is CNC(C)Cc1ncc2cccc(OC)c2n1. The van der Waals surface area contributed by atoms with Crippen molar-refractivity contribution in [1.82, 2.24) is 15.3 Å². The summed E-state index contributed by atoms with van der Waals surface area (Å²) in [5, 5.41) is 4.18. The predicted molar refractivity (Wildman–Crippen MR) is 68.3 cm³/mol. The Balaban J connectivity index is 2.41. The van der Waals surface area contributed by atoms with E-state index in [2.05, 4.69) is 22.2 Å². The van der Waals surface area contributed by atoms with Gasteiger partial charge in [0.05, 0.1) is 7.11 Å². The van der Waals surface area contributed by atoms with Crippen LogP contribution in [0.1, 0.15) is 12.7 Å². The lowest BCUT2D eigenvalue weighted by atomic mass is 10.2. The second-order valence-electron chi connectivity index (χ2n) is 4.08. The number of likely N-dealkylation sites (N-methyl/N-ethyl adjacent to an activating group) is 1. The van der Waals surface area contributed by atoms with E-state index in [-0.39, 0.29) is 0 Å². The van der Waals surface area contributed by atoms with Crippen LogP contribution in [0.2, 0.25) is 0 Å². The summed E-state index contributed by atoms with van der Waals surface area (Å²) in [6.07, 6.45) is 2.66. The maximum absolute atomic E-state index is 5.31. The third kappa shape index (κ3) is 2.53. The first-order valence-corrected chi connectivity index (χ1v) is 5.70. The quantitative estimate of drug-likeness (QED) is 0.871. The lowest BCUT2D eigenvalue weighted by Gasteiger charge is -2.10. The highest BCUT2D eigenvalue weighted by molar-refractivity contribution is 5.83. The van der Waals surface area contributed by atoms with Gasteiger partial charge in [-0.2, -0.15) is 0 Å². The van der Waals surface area contributed by atoms with Gasteiger partial charge in [0.15, 0.2) is 0 Å². The van der Waals surface area contributed by atoms with Crippen molar-refractivity contribution in [3.8, 4) is 5.75 Å². The number of methoxy groups -OCH3 is 1. The highest BCUT2D eigenvalue weighted by Crippen LogP contribution is 2.22. The summed E-state index contributed by atoms with van der Waals surface area (Å²) in [5.74, 6) is 1.63. The molecule has 1 N–H and O–H groups in total. The number of nitrogens with zero attached hydrogens (tertiary/aromatic N) is 2. The highest BCUT2D eigenvalue weighted by atomic mass is 16.5. The molecule has 1 aromatic carbocycles. The molecule has 1 aromatic heterocycles. The van der Waals surface area contributed by atoms with Crippen molar-refractivity contribution in [2.75, 3.05) is 14.2 Å². The van der Waals surface area contributed by atoms with Crippen LogP contribution in [-0.4, -0.2) is 30.2 Å². The van der Waals surface area contributed by atoms with Crippen LogP contribution in [0.4, 0.5) is 0 Å². The van der Waals surface area contributed by atoms with Gasteiger partial charge in [-0.3, -0.25) is 0 Å². The van der Waals surface area contributed by atoms with Crippen LogP contribution < -0.4 is 10.1 Å². The molecular weight excluding hydrogens is 214 g/mol. The fourth-order valence-corrected chi connectivity index (χ4v) is 1.70. The second kappa shape index (κ2) is 5.10. The van der Waals surface area contributed by atoms with Gasteiger partial charge in [-0.1, -0.05) is 12.1 Å². The minimum absolute atomic E-state index is 0.363. The molecule has 1 heterocycles. The van der Waals surface area contributed by atoms with Gasteiger partial charge < -0.3 is 10.1 Å². The van der Waals surface area contributed by atoms with Crippen LogP contribution in [0.3, 0.4) is 0 Å². The molecule has 0 fully saturated rings. The maximum atomic E-state index is 5.31. The van der Waals surface area contributed by atoms with Crippen molar-refractivity contribution in [3.63, 3.8) is 0 Å². The van der Waals surface area contributed by atoms with E-state index in [1.165, 1.54) is 0 Å². The van der Waals surface area contributed by atoms with Crippen molar-refractivity contribution < 1.29 is 4.74 Å². The van der Waals surface area contributed by atoms with Gasteiger partial charge in [-0.15, -0.1) is 0 Å². The summed E-state index contributed by atoms with van der Waals surface area (Å²) in [7, 11) is 3.60. The third-order valence-corrected chi connectivity index (χ3v) is 2.83. The molecule has 1 atom stereocenters. The molecule has 0 aliphatic rings. The van der Waals surface area contributed by atoms with Crippen LogP contribution in [0, 0.1) is 0 Å². The number of ether oxygens (including phenoxy) is 1. The van der Waals surface area contributed by atoms with Gasteiger partial charge in [0, 0.05) is 24.0 Å². The number of hydrogen-bond donors (Lipinski definition) is 1. The number of nitrogens with one attached hydrogen (secondary N) is 1. The van der Waals surface area contributed by atoms with E-state index in [4.69, 9.17) is 4.74 Å². The lowest BCUT2D eigenvalue weighted by molar-refractivity contribution is 0.418. The Hall–Kier alpha value is -1.68. The highest BCUT2D eigenvalue weighted by Gasteiger charge is 2.07. The van der Waals surface area contributed by atoms with Gasteiger partial charge in [0.2, 0.25) is 0 Å². The van der Waals surface area contributed by atoms with Crippen LogP contribution >= 0.6 is 0 Å². The summed E-state index contributed by atoms with van der Waals surface area (Å²) in [6.45, 7) is 2.11. The third-order valence-electron chi connectivity index (χ3n) is 2.83. The van der Waals surface area contributed by atoms with Crippen LogP contribution in [-0.2, 0) is 6.42 Å². The van der Waals surface area contributed by atoms with Crippen LogP contribution in [0.15, 0.2) is 24.4 Å². The molecule has 17 heavy (non-hydrogen) atoms. The first-order chi connectivity index (χ1) is 8.24. The lowest BCUT2D eigenvalue weighted by Crippen LogP contribution is -2.24. The maximum Gasteiger partial charge on any atom is 0.145 e. The van der Waals surface area contributed by atoms with Crippen molar-refractivity contribution in [2.45, 2.75) is 19.4 Å². The molecule has 90 valence electrons. The molecule has 0 bridgehead atoms. The average molecular weight is 231 g/mol. The predicted octanol–water partition coefficient (Wildman–Crippen LogP) is 1.79. The zero-order chi connectivity index (χ0) is 12.3. The van der Waals surface area contributed by atoms with Gasteiger partial charge >= 0.3 is 0 Å². The molecule has 4 nitrogen and oxygen atoms in total. The molecule has 0 radical (unpaired) electrons. The molecule has 2 rings (SSSR count). The summed E-state index contributed by atoms with van der Waals surface area (Å²) >= 11 is 0. The van der Waals surface area contributed by atoms with Crippen molar-refractivity contribution >= 4 is 10.9 Å². The first kappa shape index (κ1) is 11.8. The molecule has 4 heteroatoms. The number of benzene rings is 1. The summed E-state index contributed by atoms with van der Waals surface area (Å²) in [6, 6.07) is 6.21. The number of rotatable bonds is 4. The van der Waals surface area contributed by atoms with Gasteiger partial charge in [0.25, 0.3) is 0 Å². The molecule has 0 amide bonds. The van der Waals surface area contributed by atoms with E-state index in [1.807, 2.05) is 31.4 Å². The monoisotopic (exact) mass is 231 g/mol. The molecule has 0 spiro atoms. The molecule has 1 unspecified atom stereocenters. The first-order valence-electron chi connectivity index (χ1n) is 5.70. The average Bonchev–Trinajstić information content (AvgIpc) is 2.37. The molecule has 0 aliphatic carbocycles. The summed E-state index contributed by atoms with van der Waals surface area (Å²) < 4.78 is 5.31. The Bertz CT molecular complexity index is 513. The smallest absolute Gasteiger partial charge is 0.145 e. The Morgan fingerprint density at radius 3 is 2.94 bits per heavy atom. The molecule has 2 aromatic rings. The largest absolute Gasteiger partial charge is 0.494 e. The molecule has 0 saturated heterocycles. The topological polar surface area (TPSA) is 47.0 Å². The van der Waals surface area contributed by atoms with Gasteiger partial charge in [-0.25, -0.2) is 9.97 Å². The molecular formula is C13H17N3O. The number of hydrogen-bond acceptors (Lipinski definition) is 4. The summed E-state index contributed by atoms with van der Waals surface area (Å²) in [5.41, 5.74) is 0.878. The fraction of sp³-hybridized carbons (Fsp3) is 0.385. The Labute approximate surface area is 101 Å². The zero-order valence-corrected chi connectivity index (χ0v) is 10.4. The van der Waals surface area contributed by atoms with E-state index in [9.17, 15) is 0 Å². The van der Waals surface area contributed by atoms with Crippen LogP contribution in [0.5, 0.6) is 5.75 Å². The van der Waals surface area contributed by atoms with Gasteiger partial charge in [0.1, 0.15) is 17.1 Å². The van der Waals surface area contributed by atoms with Crippen LogP contribution in [0.25, 0.3) is 10.9 Å². The summed E-state index contributed by atoms with van der Waals surface area (Å²) in [4.78, 5) is 8.92. The van der Waals surface area contributed by atoms with Crippen molar-refractivity contribution in [2.24, 2.45) is 0 Å². The fourth-order valence-electron chi connectivity index (χ4n) is 1.70. The van der Waals surface area contributed by atoms with Crippen molar-refractivity contribution in [3.05, 3.63) is 30.2 Å². The Kier molecular flexibility index (Phi) is 3.54. The second-order valence-corrected chi connectivity index (χ2v) is 4.08. The normalized spacial score (nSPS) is 12.6. The van der Waals surface area contributed by atoms with E-state index < -0.39 is 0 Å². The van der Waals surface area contributed by atoms with E-state index in [1.54, 1.807) is 7.11 Å². The molecule has 0 aliphatic heterocycles. The Morgan fingerprint density at radius 1 is 1.41 bits per heavy atom. The number of fused-ring (bicyclic) bond motifs is 1.